The third kappa shape index (κ3) is 3.12. The number of para-hydroxylation sites is 1. The van der Waals surface area contributed by atoms with E-state index in [2.05, 4.69) is 80.6 Å². The van der Waals surface area contributed by atoms with Crippen molar-refractivity contribution in [3.8, 4) is 6.07 Å². The van der Waals surface area contributed by atoms with Crippen LogP contribution in [0.3, 0.4) is 0 Å². The summed E-state index contributed by atoms with van der Waals surface area (Å²) in [5, 5.41) is 9.56. The van der Waals surface area contributed by atoms with Crippen LogP contribution in [0, 0.1) is 48.9 Å². The lowest BCUT2D eigenvalue weighted by Gasteiger charge is -2.22. The molecule has 2 amide bonds. The van der Waals surface area contributed by atoms with Gasteiger partial charge in [0.05, 0.1) is 23.1 Å². The Hall–Kier alpha value is -4.23. The molecule has 2 bridgehead atoms. The summed E-state index contributed by atoms with van der Waals surface area (Å²) < 4.78 is 0. The topological polar surface area (TPSA) is 61.2 Å². The third-order valence-electron chi connectivity index (χ3n) is 7.65. The number of hydrogen-bond acceptors (Lipinski definition) is 3. The summed E-state index contributed by atoms with van der Waals surface area (Å²) in [6.07, 6.45) is 4.21. The van der Waals surface area contributed by atoms with Crippen molar-refractivity contribution in [3.05, 3.63) is 118 Å². The molecule has 1 aliphatic heterocycles. The van der Waals surface area contributed by atoms with Crippen LogP contribution in [-0.2, 0) is 9.59 Å². The monoisotopic (exact) mass is 456 g/mol. The van der Waals surface area contributed by atoms with Crippen molar-refractivity contribution in [2.45, 2.75) is 13.8 Å². The molecule has 1 saturated heterocycles. The van der Waals surface area contributed by atoms with Crippen LogP contribution in [0.25, 0.3) is 5.57 Å². The van der Waals surface area contributed by atoms with Crippen molar-refractivity contribution < 1.29 is 9.59 Å². The molecule has 4 atom stereocenters. The molecule has 0 N–H and O–H groups in total. The van der Waals surface area contributed by atoms with Crippen LogP contribution in [0.4, 0.5) is 5.69 Å². The Morgan fingerprint density at radius 3 is 1.71 bits per heavy atom. The molecule has 170 valence electrons. The number of hydrogen-bond donors (Lipinski definition) is 0. The van der Waals surface area contributed by atoms with E-state index in [1.54, 1.807) is 24.3 Å². The summed E-state index contributed by atoms with van der Waals surface area (Å²) in [7, 11) is 0. The van der Waals surface area contributed by atoms with Crippen LogP contribution < -0.4 is 4.90 Å². The lowest BCUT2D eigenvalue weighted by molar-refractivity contribution is -0.122. The number of nitriles is 1. The highest BCUT2D eigenvalue weighted by Crippen LogP contribution is 2.59. The molecule has 0 radical (unpaired) electrons. The second-order valence-electron chi connectivity index (χ2n) is 9.69. The molecule has 2 aliphatic carbocycles. The number of benzene rings is 3. The van der Waals surface area contributed by atoms with Crippen LogP contribution in [0.1, 0.15) is 27.8 Å². The molecule has 3 aromatic carbocycles. The predicted octanol–water partition coefficient (Wildman–Crippen LogP) is 5.60. The highest BCUT2D eigenvalue weighted by Gasteiger charge is 2.62. The van der Waals surface area contributed by atoms with Gasteiger partial charge in [0, 0.05) is 11.8 Å². The van der Waals surface area contributed by atoms with Gasteiger partial charge in [-0.1, -0.05) is 83.9 Å². The Balaban J connectivity index is 1.50. The maximum Gasteiger partial charge on any atom is 0.238 e. The first-order chi connectivity index (χ1) is 17.0. The van der Waals surface area contributed by atoms with E-state index in [1.807, 2.05) is 0 Å². The fourth-order valence-corrected chi connectivity index (χ4v) is 6.04. The van der Waals surface area contributed by atoms with Gasteiger partial charge in [-0.25, -0.2) is 4.90 Å². The van der Waals surface area contributed by atoms with Crippen LogP contribution in [0.5, 0.6) is 0 Å². The van der Waals surface area contributed by atoms with Crippen LogP contribution >= 0.6 is 0 Å². The van der Waals surface area contributed by atoms with Gasteiger partial charge in [-0.15, -0.1) is 0 Å². The van der Waals surface area contributed by atoms with Crippen molar-refractivity contribution in [1.29, 1.82) is 5.26 Å². The van der Waals surface area contributed by atoms with Gasteiger partial charge in [0.1, 0.15) is 6.07 Å². The number of carbonyl (C=O) groups excluding carboxylic acids is 2. The normalized spacial score (nSPS) is 24.1. The zero-order valence-corrected chi connectivity index (χ0v) is 19.6. The van der Waals surface area contributed by atoms with E-state index in [9.17, 15) is 14.9 Å². The first-order valence-electron chi connectivity index (χ1n) is 11.9. The quantitative estimate of drug-likeness (QED) is 0.381. The molecule has 3 aromatic rings. The number of aryl methyl sites for hydroxylation is 2. The van der Waals surface area contributed by atoms with Crippen molar-refractivity contribution in [2.75, 3.05) is 4.90 Å². The van der Waals surface area contributed by atoms with Crippen molar-refractivity contribution >= 4 is 23.1 Å². The Bertz CT molecular complexity index is 1390. The first-order valence-corrected chi connectivity index (χ1v) is 11.9. The van der Waals surface area contributed by atoms with Gasteiger partial charge in [0.15, 0.2) is 0 Å². The van der Waals surface area contributed by atoms with Gasteiger partial charge < -0.3 is 0 Å². The fraction of sp³-hybridized carbons (Fsp3) is 0.194. The van der Waals surface area contributed by atoms with Gasteiger partial charge in [-0.2, -0.15) is 5.26 Å². The average Bonchev–Trinajstić information content (AvgIpc) is 3.50. The van der Waals surface area contributed by atoms with Gasteiger partial charge in [-0.3, -0.25) is 9.59 Å². The number of nitrogens with zero attached hydrogens (tertiary/aromatic N) is 2. The predicted molar refractivity (Wildman–Crippen MR) is 135 cm³/mol. The maximum atomic E-state index is 13.7. The minimum absolute atomic E-state index is 0.140. The van der Waals surface area contributed by atoms with Crippen molar-refractivity contribution in [1.82, 2.24) is 0 Å². The fourth-order valence-electron chi connectivity index (χ4n) is 6.04. The number of rotatable bonds is 3. The van der Waals surface area contributed by atoms with Crippen molar-refractivity contribution in [2.24, 2.45) is 23.7 Å². The first kappa shape index (κ1) is 21.3. The molecular formula is C31H24N2O2. The molecule has 0 aromatic heterocycles. The van der Waals surface area contributed by atoms with Gasteiger partial charge in [-0.05, 0) is 48.3 Å². The van der Waals surface area contributed by atoms with Crippen LogP contribution in [0.2, 0.25) is 0 Å². The molecule has 4 nitrogen and oxygen atoms in total. The Morgan fingerprint density at radius 2 is 1.23 bits per heavy atom. The second kappa shape index (κ2) is 7.92. The number of carbonyl (C=O) groups is 2. The highest BCUT2D eigenvalue weighted by molar-refractivity contribution is 6.24. The average molecular weight is 457 g/mol. The van der Waals surface area contributed by atoms with E-state index in [4.69, 9.17) is 0 Å². The molecule has 6 rings (SSSR count). The standard InChI is InChI=1S/C31H24N2O2/c1-18-7-11-20(12-8-18)26(21-13-9-19(2)10-14-21)27-23-15-16-24(27)29-28(23)30(34)33(31(29)35)25-6-4-3-5-22(25)17-32/h3-16,23-24,28-29H,1-2H3/t23-,24-,28+,29+/m1/s1. The SMILES string of the molecule is Cc1ccc(C(=C2[C@H]3C=C[C@H]2[C@@H]2C(=O)N(c4ccccc4C#N)C(=O)[C@H]23)c2ccc(C)cc2)cc1. The highest BCUT2D eigenvalue weighted by atomic mass is 16.2. The third-order valence-corrected chi connectivity index (χ3v) is 7.65. The Labute approximate surface area is 204 Å². The number of amides is 2. The minimum Gasteiger partial charge on any atom is -0.274 e. The minimum atomic E-state index is -0.440. The number of fused-ring (bicyclic) bond motifs is 5. The maximum absolute atomic E-state index is 13.7. The Kier molecular flexibility index (Phi) is 4.82. The number of allylic oxidation sites excluding steroid dienone is 3. The van der Waals surface area contributed by atoms with Crippen molar-refractivity contribution in [3.63, 3.8) is 0 Å². The number of imide groups is 1. The largest absolute Gasteiger partial charge is 0.274 e. The lowest BCUT2D eigenvalue weighted by Crippen LogP contribution is -2.33. The molecule has 1 saturated carbocycles. The van der Waals surface area contributed by atoms with E-state index < -0.39 is 11.8 Å². The molecule has 3 aliphatic rings. The van der Waals surface area contributed by atoms with E-state index in [0.717, 1.165) is 22.3 Å². The van der Waals surface area contributed by atoms with Gasteiger partial charge in [0.2, 0.25) is 11.8 Å². The zero-order chi connectivity index (χ0) is 24.3. The zero-order valence-electron chi connectivity index (χ0n) is 19.6. The summed E-state index contributed by atoms with van der Waals surface area (Å²) in [5.41, 5.74) is 7.56. The molecule has 0 unspecified atom stereocenters. The van der Waals surface area contributed by atoms with E-state index >= 15 is 0 Å². The second-order valence-corrected chi connectivity index (χ2v) is 9.69. The molecule has 4 heteroatoms. The molecule has 1 heterocycles. The summed E-state index contributed by atoms with van der Waals surface area (Å²) >= 11 is 0. The summed E-state index contributed by atoms with van der Waals surface area (Å²) in [4.78, 5) is 28.7. The lowest BCUT2D eigenvalue weighted by atomic mass is 9.85. The molecule has 0 spiro atoms. The number of anilines is 1. The summed E-state index contributed by atoms with van der Waals surface area (Å²) in [6.45, 7) is 4.14. The van der Waals surface area contributed by atoms with Crippen LogP contribution in [-0.4, -0.2) is 11.8 Å². The smallest absolute Gasteiger partial charge is 0.238 e. The Morgan fingerprint density at radius 1 is 0.743 bits per heavy atom. The molecule has 35 heavy (non-hydrogen) atoms. The van der Waals surface area contributed by atoms with Gasteiger partial charge >= 0.3 is 0 Å². The molecular weight excluding hydrogens is 432 g/mol. The van der Waals surface area contributed by atoms with E-state index in [-0.39, 0.29) is 23.7 Å². The van der Waals surface area contributed by atoms with Crippen LogP contribution in [0.15, 0.2) is 90.5 Å². The van der Waals surface area contributed by atoms with E-state index in [0.29, 0.717) is 11.3 Å². The molecule has 2 fully saturated rings. The van der Waals surface area contributed by atoms with Gasteiger partial charge in [0.25, 0.3) is 0 Å². The van der Waals surface area contributed by atoms with E-state index in [1.165, 1.54) is 16.0 Å². The summed E-state index contributed by atoms with van der Waals surface area (Å²) in [5.74, 6) is -1.57. The summed E-state index contributed by atoms with van der Waals surface area (Å²) in [6, 6.07) is 25.9.